The Kier molecular flexibility index (Phi) is 4.38. The first-order valence-electron chi connectivity index (χ1n) is 7.38. The molecule has 1 aromatic heterocycles. The van der Waals surface area contributed by atoms with Gasteiger partial charge in [0.1, 0.15) is 5.82 Å². The van der Waals surface area contributed by atoms with E-state index in [1.807, 2.05) is 35.2 Å². The zero-order chi connectivity index (χ0) is 16.2. The summed E-state index contributed by atoms with van der Waals surface area (Å²) in [5.74, 6) is 1.68. The molecule has 0 saturated carbocycles. The minimum Gasteiger partial charge on any atom is -0.476 e. The minimum atomic E-state index is -0.238. The van der Waals surface area contributed by atoms with Gasteiger partial charge < -0.3 is 20.1 Å². The number of hydrogen-bond donors (Lipinski definition) is 2. The number of carbonyl (C=O) groups is 1. The number of benzene rings is 1. The minimum absolute atomic E-state index is 0.0168. The lowest BCUT2D eigenvalue weighted by atomic mass is 10.2. The largest absolute Gasteiger partial charge is 0.476 e. The number of rotatable bonds is 5. The Balaban J connectivity index is 1.97. The molecule has 2 N–H and O–H groups in total. The van der Waals surface area contributed by atoms with Gasteiger partial charge in [-0.2, -0.15) is 0 Å². The Labute approximate surface area is 133 Å². The molecule has 2 aromatic rings. The predicted octanol–water partition coefficient (Wildman–Crippen LogP) is 1.11. The van der Waals surface area contributed by atoms with E-state index in [1.165, 1.54) is 0 Å². The van der Waals surface area contributed by atoms with Gasteiger partial charge in [0.2, 0.25) is 5.75 Å². The number of anilines is 2. The fourth-order valence-corrected chi connectivity index (χ4v) is 2.47. The summed E-state index contributed by atoms with van der Waals surface area (Å²) in [6, 6.07) is 9.89. The van der Waals surface area contributed by atoms with Crippen molar-refractivity contribution in [3.8, 4) is 5.75 Å². The van der Waals surface area contributed by atoms with E-state index in [0.717, 1.165) is 5.56 Å². The van der Waals surface area contributed by atoms with Crippen LogP contribution in [-0.2, 0) is 11.3 Å². The summed E-state index contributed by atoms with van der Waals surface area (Å²) < 4.78 is 5.53. The topological polar surface area (TPSA) is 87.6 Å². The molecule has 3 rings (SSSR count). The van der Waals surface area contributed by atoms with Crippen LogP contribution in [0.2, 0.25) is 0 Å². The van der Waals surface area contributed by atoms with Crippen LogP contribution in [0.5, 0.6) is 5.75 Å². The first kappa shape index (κ1) is 15.2. The molecule has 1 aromatic carbocycles. The molecule has 0 fully saturated rings. The van der Waals surface area contributed by atoms with E-state index in [-0.39, 0.29) is 19.1 Å². The molecular formula is C16H18N4O3. The van der Waals surface area contributed by atoms with Gasteiger partial charge >= 0.3 is 0 Å². The normalized spacial score (nSPS) is 13.0. The van der Waals surface area contributed by atoms with Crippen LogP contribution in [0.15, 0.2) is 30.3 Å². The first-order valence-corrected chi connectivity index (χ1v) is 7.38. The maximum absolute atomic E-state index is 11.5. The van der Waals surface area contributed by atoms with Gasteiger partial charge in [0.05, 0.1) is 6.61 Å². The summed E-state index contributed by atoms with van der Waals surface area (Å²) >= 11 is 0. The Morgan fingerprint density at radius 2 is 2.09 bits per heavy atom. The summed E-state index contributed by atoms with van der Waals surface area (Å²) in [7, 11) is 0. The molecule has 2 heterocycles. The van der Waals surface area contributed by atoms with Gasteiger partial charge in [-0.25, -0.2) is 9.97 Å². The Morgan fingerprint density at radius 3 is 2.83 bits per heavy atom. The lowest BCUT2D eigenvalue weighted by Crippen LogP contribution is -2.32. The monoisotopic (exact) mass is 314 g/mol. The van der Waals surface area contributed by atoms with Crippen molar-refractivity contribution in [3.05, 3.63) is 41.7 Å². The van der Waals surface area contributed by atoms with Crippen molar-refractivity contribution in [1.82, 2.24) is 9.97 Å². The van der Waals surface area contributed by atoms with Crippen LogP contribution in [0.25, 0.3) is 0 Å². The number of nitrogens with one attached hydrogen (secondary N) is 1. The lowest BCUT2D eigenvalue weighted by Gasteiger charge is -2.27. The number of fused-ring (bicyclic) bond motifs is 1. The Hall–Kier alpha value is -2.67. The van der Waals surface area contributed by atoms with Crippen LogP contribution in [-0.4, -0.2) is 40.7 Å². The van der Waals surface area contributed by atoms with Crippen LogP contribution < -0.4 is 15.0 Å². The number of aryl methyl sites for hydroxylation is 1. The lowest BCUT2D eigenvalue weighted by molar-refractivity contribution is -0.118. The molecule has 0 bridgehead atoms. The number of aromatic nitrogens is 2. The highest BCUT2D eigenvalue weighted by atomic mass is 16.5. The molecule has 1 amide bonds. The maximum Gasteiger partial charge on any atom is 0.263 e. The number of ether oxygens (including phenoxy) is 1. The standard InChI is InChI=1S/C16H18N4O3/c1-11-17-15-14(23-10-13(22)19-15)16(18-11)20(7-8-21)9-12-5-3-2-4-6-12/h2-6,21H,7-10H2,1H3,(H,17,18,19,22). The van der Waals surface area contributed by atoms with Crippen molar-refractivity contribution in [2.24, 2.45) is 0 Å². The molecule has 0 aliphatic carbocycles. The SMILES string of the molecule is Cc1nc2c(c(N(CCO)Cc3ccccc3)n1)OCC(=O)N2. The van der Waals surface area contributed by atoms with Crippen molar-refractivity contribution in [2.75, 3.05) is 30.0 Å². The predicted molar refractivity (Wildman–Crippen MR) is 85.5 cm³/mol. The van der Waals surface area contributed by atoms with Crippen LogP contribution >= 0.6 is 0 Å². The van der Waals surface area contributed by atoms with Crippen molar-refractivity contribution in [3.63, 3.8) is 0 Å². The molecule has 0 saturated heterocycles. The molecule has 23 heavy (non-hydrogen) atoms. The highest BCUT2D eigenvalue weighted by Crippen LogP contribution is 2.35. The summed E-state index contributed by atoms with van der Waals surface area (Å²) in [6.07, 6.45) is 0. The molecule has 0 atom stereocenters. The third kappa shape index (κ3) is 3.40. The maximum atomic E-state index is 11.5. The van der Waals surface area contributed by atoms with E-state index in [4.69, 9.17) is 4.74 Å². The Bertz CT molecular complexity index is 706. The smallest absolute Gasteiger partial charge is 0.263 e. The molecule has 1 aliphatic rings. The summed E-state index contributed by atoms with van der Waals surface area (Å²) in [5, 5.41) is 12.1. The number of hydrogen-bond acceptors (Lipinski definition) is 6. The summed E-state index contributed by atoms with van der Waals surface area (Å²) in [4.78, 5) is 22.1. The second-order valence-corrected chi connectivity index (χ2v) is 5.24. The molecule has 7 heteroatoms. The number of aliphatic hydroxyl groups excluding tert-OH is 1. The van der Waals surface area contributed by atoms with Gasteiger partial charge in [-0.1, -0.05) is 30.3 Å². The highest BCUT2D eigenvalue weighted by Gasteiger charge is 2.25. The second kappa shape index (κ2) is 6.62. The van der Waals surface area contributed by atoms with E-state index < -0.39 is 0 Å². The van der Waals surface area contributed by atoms with Gasteiger partial charge in [-0.15, -0.1) is 0 Å². The van der Waals surface area contributed by atoms with Crippen LogP contribution in [0.3, 0.4) is 0 Å². The van der Waals surface area contributed by atoms with Gasteiger partial charge in [0.15, 0.2) is 18.2 Å². The fourth-order valence-electron chi connectivity index (χ4n) is 2.47. The molecule has 0 radical (unpaired) electrons. The zero-order valence-corrected chi connectivity index (χ0v) is 12.8. The average molecular weight is 314 g/mol. The third-order valence-electron chi connectivity index (χ3n) is 3.45. The number of nitrogens with zero attached hydrogens (tertiary/aromatic N) is 3. The van der Waals surface area contributed by atoms with Crippen molar-refractivity contribution in [2.45, 2.75) is 13.5 Å². The zero-order valence-electron chi connectivity index (χ0n) is 12.8. The number of aliphatic hydroxyl groups is 1. The van der Waals surface area contributed by atoms with Gasteiger partial charge in [0.25, 0.3) is 5.91 Å². The molecule has 1 aliphatic heterocycles. The fraction of sp³-hybridized carbons (Fsp3) is 0.312. The van der Waals surface area contributed by atoms with Crippen molar-refractivity contribution >= 4 is 17.5 Å². The van der Waals surface area contributed by atoms with E-state index in [2.05, 4.69) is 15.3 Å². The van der Waals surface area contributed by atoms with Gasteiger partial charge in [-0.05, 0) is 12.5 Å². The molecule has 7 nitrogen and oxygen atoms in total. The van der Waals surface area contributed by atoms with Crippen LogP contribution in [0.1, 0.15) is 11.4 Å². The van der Waals surface area contributed by atoms with Crippen LogP contribution in [0.4, 0.5) is 11.6 Å². The highest BCUT2D eigenvalue weighted by molar-refractivity contribution is 5.95. The van der Waals surface area contributed by atoms with E-state index in [0.29, 0.717) is 36.3 Å². The van der Waals surface area contributed by atoms with E-state index in [1.54, 1.807) is 6.92 Å². The molecule has 0 unspecified atom stereocenters. The average Bonchev–Trinajstić information content (AvgIpc) is 2.54. The molecular weight excluding hydrogens is 296 g/mol. The second-order valence-electron chi connectivity index (χ2n) is 5.24. The first-order chi connectivity index (χ1) is 11.2. The van der Waals surface area contributed by atoms with Gasteiger partial charge in [-0.3, -0.25) is 4.79 Å². The number of amides is 1. The third-order valence-corrected chi connectivity index (χ3v) is 3.45. The quantitative estimate of drug-likeness (QED) is 0.860. The molecule has 120 valence electrons. The van der Waals surface area contributed by atoms with Crippen LogP contribution in [0, 0.1) is 6.92 Å². The molecule has 0 spiro atoms. The van der Waals surface area contributed by atoms with Crippen molar-refractivity contribution in [1.29, 1.82) is 0 Å². The Morgan fingerprint density at radius 1 is 1.30 bits per heavy atom. The van der Waals surface area contributed by atoms with Crippen molar-refractivity contribution < 1.29 is 14.6 Å². The number of carbonyl (C=O) groups excluding carboxylic acids is 1. The summed E-state index contributed by atoms with van der Waals surface area (Å²) in [5.41, 5.74) is 1.09. The van der Waals surface area contributed by atoms with E-state index in [9.17, 15) is 9.90 Å². The van der Waals surface area contributed by atoms with E-state index >= 15 is 0 Å². The summed E-state index contributed by atoms with van der Waals surface area (Å²) in [6.45, 7) is 2.64. The van der Waals surface area contributed by atoms with Gasteiger partial charge in [0, 0.05) is 13.1 Å².